The van der Waals surface area contributed by atoms with Gasteiger partial charge >= 0.3 is 6.09 Å². The first-order chi connectivity index (χ1) is 12.7. The zero-order valence-corrected chi connectivity index (χ0v) is 18.4. The number of nitrogens with one attached hydrogen (secondary N) is 1. The van der Waals surface area contributed by atoms with E-state index in [1.807, 2.05) is 6.92 Å². The number of benzene rings is 1. The van der Waals surface area contributed by atoms with Gasteiger partial charge in [0.2, 0.25) is 0 Å². The number of nitrogens with zero attached hydrogens (tertiary/aromatic N) is 3. The molecule has 1 amide bonds. The molecule has 1 fully saturated rings. The largest absolute Gasteiger partial charge is 0.493 e. The summed E-state index contributed by atoms with van der Waals surface area (Å²) < 4.78 is 10.6. The lowest BCUT2D eigenvalue weighted by molar-refractivity contribution is 0.0915. The van der Waals surface area contributed by atoms with E-state index in [2.05, 4.69) is 33.4 Å². The van der Waals surface area contributed by atoms with Crippen LogP contribution in [0.2, 0.25) is 0 Å². The Morgan fingerprint density at radius 3 is 2.70 bits per heavy atom. The molecule has 3 rings (SSSR count). The molecule has 2 aliphatic rings. The van der Waals surface area contributed by atoms with Crippen LogP contribution >= 0.6 is 24.0 Å². The monoisotopic (exact) mass is 488 g/mol. The number of hydrogen-bond acceptors (Lipinski definition) is 4. The molecule has 1 aromatic carbocycles. The maximum atomic E-state index is 11.8. The molecular formula is C19H29IN4O3. The summed E-state index contributed by atoms with van der Waals surface area (Å²) in [4.78, 5) is 20.1. The van der Waals surface area contributed by atoms with Crippen molar-refractivity contribution in [3.63, 3.8) is 0 Å². The predicted molar refractivity (Wildman–Crippen MR) is 116 cm³/mol. The van der Waals surface area contributed by atoms with Gasteiger partial charge in [-0.1, -0.05) is 12.1 Å². The van der Waals surface area contributed by atoms with Crippen molar-refractivity contribution in [2.24, 2.45) is 4.99 Å². The Bertz CT molecular complexity index is 660. The summed E-state index contributed by atoms with van der Waals surface area (Å²) in [5, 5.41) is 3.43. The molecule has 0 aromatic heterocycles. The first-order valence-corrected chi connectivity index (χ1v) is 9.33. The second-order valence-electron chi connectivity index (χ2n) is 6.44. The van der Waals surface area contributed by atoms with E-state index in [4.69, 9.17) is 9.47 Å². The summed E-state index contributed by atoms with van der Waals surface area (Å²) in [6.07, 6.45) is 1.72. The van der Waals surface area contributed by atoms with Gasteiger partial charge in [0.15, 0.2) is 5.96 Å². The van der Waals surface area contributed by atoms with Crippen molar-refractivity contribution in [1.29, 1.82) is 0 Å². The molecule has 0 atom stereocenters. The molecule has 0 unspecified atom stereocenters. The number of rotatable bonds is 4. The van der Waals surface area contributed by atoms with Crippen LogP contribution in [0.3, 0.4) is 0 Å². The van der Waals surface area contributed by atoms with Gasteiger partial charge in [-0.05, 0) is 30.5 Å². The average molecular weight is 488 g/mol. The van der Waals surface area contributed by atoms with Crippen molar-refractivity contribution in [2.75, 3.05) is 53.0 Å². The summed E-state index contributed by atoms with van der Waals surface area (Å²) in [6, 6.07) is 6.44. The topological polar surface area (TPSA) is 66.4 Å². The zero-order valence-electron chi connectivity index (χ0n) is 16.1. The van der Waals surface area contributed by atoms with Crippen LogP contribution in [0.15, 0.2) is 23.2 Å². The molecule has 0 bridgehead atoms. The summed E-state index contributed by atoms with van der Waals surface area (Å²) in [7, 11) is 1.80. The molecule has 2 heterocycles. The van der Waals surface area contributed by atoms with E-state index in [1.165, 1.54) is 11.1 Å². The van der Waals surface area contributed by atoms with Crippen LogP contribution in [0.4, 0.5) is 4.79 Å². The average Bonchev–Trinajstić information content (AvgIpc) is 3.13. The fourth-order valence-electron chi connectivity index (χ4n) is 3.36. The number of hydrogen-bond donors (Lipinski definition) is 1. The van der Waals surface area contributed by atoms with Crippen molar-refractivity contribution in [3.05, 3.63) is 29.3 Å². The van der Waals surface area contributed by atoms with Gasteiger partial charge in [0.25, 0.3) is 0 Å². The molecule has 8 heteroatoms. The summed E-state index contributed by atoms with van der Waals surface area (Å²) >= 11 is 0. The van der Waals surface area contributed by atoms with Crippen molar-refractivity contribution in [3.8, 4) is 5.75 Å². The van der Waals surface area contributed by atoms with Crippen LogP contribution in [-0.4, -0.2) is 74.8 Å². The Hall–Kier alpha value is -1.71. The van der Waals surface area contributed by atoms with Crippen molar-refractivity contribution >= 4 is 36.0 Å². The van der Waals surface area contributed by atoms with Crippen molar-refractivity contribution < 1.29 is 14.3 Å². The van der Waals surface area contributed by atoms with Crippen LogP contribution < -0.4 is 10.1 Å². The first-order valence-electron chi connectivity index (χ1n) is 9.33. The highest BCUT2D eigenvalue weighted by Gasteiger charge is 2.23. The molecule has 1 N–H and O–H groups in total. The summed E-state index contributed by atoms with van der Waals surface area (Å²) in [5.74, 6) is 1.91. The van der Waals surface area contributed by atoms with Gasteiger partial charge in [0.1, 0.15) is 5.75 Å². The van der Waals surface area contributed by atoms with Crippen LogP contribution in [0.25, 0.3) is 0 Å². The Morgan fingerprint density at radius 1 is 1.26 bits per heavy atom. The number of aliphatic imine (C=N–C) groups is 1. The quantitative estimate of drug-likeness (QED) is 0.400. The lowest BCUT2D eigenvalue weighted by Crippen LogP contribution is -2.54. The van der Waals surface area contributed by atoms with Gasteiger partial charge in [-0.15, -0.1) is 24.0 Å². The Balaban J connectivity index is 0.00000261. The maximum Gasteiger partial charge on any atom is 0.409 e. The Morgan fingerprint density at radius 2 is 2.00 bits per heavy atom. The smallest absolute Gasteiger partial charge is 0.409 e. The zero-order chi connectivity index (χ0) is 18.4. The third-order valence-electron chi connectivity index (χ3n) is 4.77. The molecule has 0 saturated carbocycles. The van der Waals surface area contributed by atoms with Gasteiger partial charge < -0.3 is 24.6 Å². The van der Waals surface area contributed by atoms with E-state index in [1.54, 1.807) is 11.9 Å². The number of carbonyl (C=O) groups excluding carboxylic acids is 1. The molecular weight excluding hydrogens is 459 g/mol. The molecule has 1 saturated heterocycles. The lowest BCUT2D eigenvalue weighted by atomic mass is 10.1. The Kier molecular flexibility index (Phi) is 8.46. The number of carbonyl (C=O) groups is 1. The lowest BCUT2D eigenvalue weighted by Gasteiger charge is -2.35. The van der Waals surface area contributed by atoms with Gasteiger partial charge in [-0.3, -0.25) is 4.99 Å². The van der Waals surface area contributed by atoms with Crippen molar-refractivity contribution in [2.45, 2.75) is 19.8 Å². The van der Waals surface area contributed by atoms with Gasteiger partial charge in [0, 0.05) is 46.2 Å². The molecule has 0 radical (unpaired) electrons. The second kappa shape index (κ2) is 10.6. The molecule has 150 valence electrons. The summed E-state index contributed by atoms with van der Waals surface area (Å²) in [5.41, 5.74) is 2.62. The van der Waals surface area contributed by atoms with E-state index >= 15 is 0 Å². The van der Waals surface area contributed by atoms with Crippen LogP contribution in [0.5, 0.6) is 5.75 Å². The minimum absolute atomic E-state index is 0. The number of guanidine groups is 1. The van der Waals surface area contributed by atoms with Crippen LogP contribution in [-0.2, 0) is 17.6 Å². The fourth-order valence-corrected chi connectivity index (χ4v) is 3.36. The predicted octanol–water partition coefficient (Wildman–Crippen LogP) is 2.13. The molecule has 7 nitrogen and oxygen atoms in total. The number of ether oxygens (including phenoxy) is 2. The third-order valence-corrected chi connectivity index (χ3v) is 4.77. The number of halogens is 1. The van der Waals surface area contributed by atoms with Gasteiger partial charge in [0.05, 0.1) is 13.2 Å². The van der Waals surface area contributed by atoms with Crippen molar-refractivity contribution in [1.82, 2.24) is 15.1 Å². The van der Waals surface area contributed by atoms with Gasteiger partial charge in [-0.25, -0.2) is 4.79 Å². The number of fused-ring (bicyclic) bond motifs is 1. The molecule has 27 heavy (non-hydrogen) atoms. The van der Waals surface area contributed by atoms with Crippen LogP contribution in [0, 0.1) is 0 Å². The molecule has 2 aliphatic heterocycles. The molecule has 0 aliphatic carbocycles. The first kappa shape index (κ1) is 21.6. The highest BCUT2D eigenvalue weighted by Crippen LogP contribution is 2.25. The SMILES string of the molecule is CCOC(=O)N1CCN(C(=NC)NCCc2ccc3c(c2)CCO3)CC1.I. The highest BCUT2D eigenvalue weighted by molar-refractivity contribution is 14.0. The van der Waals surface area contributed by atoms with E-state index in [0.29, 0.717) is 19.7 Å². The molecule has 1 aromatic rings. The number of piperazine rings is 1. The van der Waals surface area contributed by atoms with E-state index < -0.39 is 0 Å². The molecule has 0 spiro atoms. The van der Waals surface area contributed by atoms with Gasteiger partial charge in [-0.2, -0.15) is 0 Å². The highest BCUT2D eigenvalue weighted by atomic mass is 127. The third kappa shape index (κ3) is 5.63. The minimum Gasteiger partial charge on any atom is -0.493 e. The fraction of sp³-hybridized carbons (Fsp3) is 0.579. The van der Waals surface area contributed by atoms with E-state index in [0.717, 1.165) is 50.8 Å². The summed E-state index contributed by atoms with van der Waals surface area (Å²) in [6.45, 7) is 6.69. The second-order valence-corrected chi connectivity index (χ2v) is 6.44. The standard InChI is InChI=1S/C19H28N4O3.HI/c1-3-25-19(24)23-11-9-22(10-12-23)18(20-2)21-8-6-15-4-5-17-16(14-15)7-13-26-17;/h4-5,14H,3,6-13H2,1-2H3,(H,20,21);1H. The van der Waals surface area contributed by atoms with E-state index in [9.17, 15) is 4.79 Å². The number of amides is 1. The normalized spacial score (nSPS) is 16.3. The Labute approximate surface area is 178 Å². The maximum absolute atomic E-state index is 11.8. The van der Waals surface area contributed by atoms with E-state index in [-0.39, 0.29) is 30.1 Å². The van der Waals surface area contributed by atoms with Crippen LogP contribution in [0.1, 0.15) is 18.1 Å². The minimum atomic E-state index is -0.226.